The molecule has 0 fully saturated rings. The molecule has 0 aliphatic rings. The Morgan fingerprint density at radius 3 is 2.56 bits per heavy atom. The van der Waals surface area contributed by atoms with Crippen LogP contribution in [0.3, 0.4) is 0 Å². The predicted octanol–water partition coefficient (Wildman–Crippen LogP) is 4.27. The molecule has 2 aromatic rings. The van der Waals surface area contributed by atoms with Crippen molar-refractivity contribution in [2.45, 2.75) is 26.2 Å². The van der Waals surface area contributed by atoms with Crippen LogP contribution in [0.1, 0.15) is 25.6 Å². The minimum absolute atomic E-state index is 0.122. The van der Waals surface area contributed by atoms with Crippen molar-refractivity contribution in [2.24, 2.45) is 0 Å². The molecule has 84 valence electrons. The number of hydrogen-bond donors (Lipinski definition) is 0. The van der Waals surface area contributed by atoms with Gasteiger partial charge in [0.25, 0.3) is 0 Å². The van der Waals surface area contributed by atoms with E-state index in [2.05, 4.69) is 46.7 Å². The third-order valence-corrected chi connectivity index (χ3v) is 4.54. The van der Waals surface area contributed by atoms with Crippen molar-refractivity contribution < 1.29 is 0 Å². The molecule has 0 unspecified atom stereocenters. The van der Waals surface area contributed by atoms with Crippen LogP contribution in [0.5, 0.6) is 0 Å². The minimum Gasteiger partial charge on any atom is -0.264 e. The van der Waals surface area contributed by atoms with Crippen molar-refractivity contribution in [2.75, 3.05) is 0 Å². The molecule has 0 aromatic carbocycles. The van der Waals surface area contributed by atoms with E-state index in [1.807, 2.05) is 18.3 Å². The maximum absolute atomic E-state index is 4.54. The summed E-state index contributed by atoms with van der Waals surface area (Å²) in [5.41, 5.74) is 1.19. The average Bonchev–Trinajstić information content (AvgIpc) is 2.61. The molecule has 2 nitrogen and oxygen atoms in total. The number of aromatic nitrogens is 2. The van der Waals surface area contributed by atoms with Crippen LogP contribution in [-0.2, 0) is 5.41 Å². The first-order chi connectivity index (χ1) is 7.48. The van der Waals surface area contributed by atoms with Gasteiger partial charge in [-0.1, -0.05) is 20.8 Å². The first kappa shape index (κ1) is 11.7. The fourth-order valence-corrected chi connectivity index (χ4v) is 3.51. The van der Waals surface area contributed by atoms with Crippen LogP contribution in [0.4, 0.5) is 0 Å². The highest BCUT2D eigenvalue weighted by Crippen LogP contribution is 2.38. The molecule has 0 bridgehead atoms. The van der Waals surface area contributed by atoms with Gasteiger partial charge < -0.3 is 0 Å². The lowest BCUT2D eigenvalue weighted by atomic mass is 9.96. The lowest BCUT2D eigenvalue weighted by molar-refractivity contribution is 0.599. The molecule has 0 aliphatic heterocycles. The van der Waals surface area contributed by atoms with Gasteiger partial charge in [-0.05, 0) is 33.5 Å². The number of halogens is 1. The fourth-order valence-electron chi connectivity index (χ4n) is 1.38. The van der Waals surface area contributed by atoms with Gasteiger partial charge in [0.05, 0.1) is 0 Å². The summed E-state index contributed by atoms with van der Waals surface area (Å²) < 4.78 is 0.948. The smallest absolute Gasteiger partial charge is 0.126 e. The average molecular weight is 297 g/mol. The largest absolute Gasteiger partial charge is 0.264 e. The molecule has 4 heteroatoms. The van der Waals surface area contributed by atoms with Crippen LogP contribution in [0.2, 0.25) is 0 Å². The first-order valence-corrected chi connectivity index (χ1v) is 6.66. The molecule has 0 aliphatic carbocycles. The first-order valence-electron chi connectivity index (χ1n) is 5.05. The quantitative estimate of drug-likeness (QED) is 0.785. The van der Waals surface area contributed by atoms with Gasteiger partial charge in [0.1, 0.15) is 9.61 Å². The second-order valence-electron chi connectivity index (χ2n) is 4.63. The van der Waals surface area contributed by atoms with E-state index < -0.39 is 0 Å². The van der Waals surface area contributed by atoms with Gasteiger partial charge in [0.15, 0.2) is 0 Å². The Kier molecular flexibility index (Phi) is 3.13. The summed E-state index contributed by atoms with van der Waals surface area (Å²) in [5, 5.41) is 1.02. The van der Waals surface area contributed by atoms with Crippen molar-refractivity contribution in [1.29, 1.82) is 0 Å². The normalized spacial score (nSPS) is 11.8. The van der Waals surface area contributed by atoms with Gasteiger partial charge in [0.2, 0.25) is 0 Å². The van der Waals surface area contributed by atoms with Crippen molar-refractivity contribution in [3.05, 3.63) is 34.0 Å². The zero-order valence-corrected chi connectivity index (χ0v) is 11.9. The summed E-state index contributed by atoms with van der Waals surface area (Å²) in [4.78, 5) is 9.93. The zero-order chi connectivity index (χ0) is 11.8. The lowest BCUT2D eigenvalue weighted by Crippen LogP contribution is -2.09. The van der Waals surface area contributed by atoms with E-state index >= 15 is 0 Å². The van der Waals surface area contributed by atoms with Gasteiger partial charge >= 0.3 is 0 Å². The third kappa shape index (κ3) is 2.33. The van der Waals surface area contributed by atoms with Crippen molar-refractivity contribution in [3.8, 4) is 10.6 Å². The maximum Gasteiger partial charge on any atom is 0.126 e. The van der Waals surface area contributed by atoms with Gasteiger partial charge in [-0.15, -0.1) is 11.3 Å². The molecule has 16 heavy (non-hydrogen) atoms. The van der Waals surface area contributed by atoms with Crippen molar-refractivity contribution in [3.63, 3.8) is 0 Å². The number of hydrogen-bond acceptors (Lipinski definition) is 3. The van der Waals surface area contributed by atoms with Gasteiger partial charge in [-0.3, -0.25) is 4.98 Å². The summed E-state index contributed by atoms with van der Waals surface area (Å²) >= 11 is 5.25. The third-order valence-electron chi connectivity index (χ3n) is 2.18. The second-order valence-corrected chi connectivity index (χ2v) is 6.38. The zero-order valence-electron chi connectivity index (χ0n) is 9.49. The summed E-state index contributed by atoms with van der Waals surface area (Å²) in [6.07, 6.45) is 3.62. The number of pyridine rings is 1. The molecule has 0 amide bonds. The van der Waals surface area contributed by atoms with Crippen molar-refractivity contribution in [1.82, 2.24) is 9.97 Å². The molecule has 0 radical (unpaired) electrons. The molecule has 2 aromatic heterocycles. The monoisotopic (exact) mass is 296 g/mol. The van der Waals surface area contributed by atoms with Crippen LogP contribution in [0, 0.1) is 0 Å². The van der Waals surface area contributed by atoms with Crippen LogP contribution >= 0.6 is 27.3 Å². The van der Waals surface area contributed by atoms with E-state index in [1.165, 1.54) is 4.88 Å². The second kappa shape index (κ2) is 4.26. The molecule has 2 heterocycles. The Labute approximate surface area is 108 Å². The molecular weight excluding hydrogens is 284 g/mol. The highest BCUT2D eigenvalue weighted by atomic mass is 79.9. The summed E-state index contributed by atoms with van der Waals surface area (Å²) in [6.45, 7) is 6.58. The van der Waals surface area contributed by atoms with E-state index in [1.54, 1.807) is 17.5 Å². The van der Waals surface area contributed by atoms with E-state index in [0.29, 0.717) is 0 Å². The van der Waals surface area contributed by atoms with Crippen LogP contribution in [-0.4, -0.2) is 9.97 Å². The highest BCUT2D eigenvalue weighted by Gasteiger charge is 2.22. The van der Waals surface area contributed by atoms with E-state index in [9.17, 15) is 0 Å². The van der Waals surface area contributed by atoms with Crippen molar-refractivity contribution >= 4 is 27.3 Å². The predicted molar refractivity (Wildman–Crippen MR) is 71.7 cm³/mol. The van der Waals surface area contributed by atoms with Gasteiger partial charge in [-0.2, -0.15) is 0 Å². The van der Waals surface area contributed by atoms with E-state index in [4.69, 9.17) is 0 Å². The Morgan fingerprint density at radius 2 is 2.06 bits per heavy atom. The van der Waals surface area contributed by atoms with E-state index in [0.717, 1.165) is 15.2 Å². The maximum atomic E-state index is 4.54. The Bertz CT molecular complexity index is 485. The van der Waals surface area contributed by atoms with Gasteiger partial charge in [-0.25, -0.2) is 4.98 Å². The number of nitrogens with zero attached hydrogens (tertiary/aromatic N) is 2. The standard InChI is InChI=1S/C12H13BrN2S/c1-12(2,3)9-10(13)15-11(16-9)8-5-4-6-14-7-8/h4-7H,1-3H3. The minimum atomic E-state index is 0.122. The molecule has 2 rings (SSSR count). The van der Waals surface area contributed by atoms with Crippen LogP contribution in [0.25, 0.3) is 10.6 Å². The molecular formula is C12H13BrN2S. The molecule has 0 atom stereocenters. The summed E-state index contributed by atoms with van der Waals surface area (Å²) in [7, 11) is 0. The molecule has 0 saturated carbocycles. The van der Waals surface area contributed by atoms with Gasteiger partial charge in [0, 0.05) is 22.8 Å². The Balaban J connectivity index is 2.47. The topological polar surface area (TPSA) is 25.8 Å². The lowest BCUT2D eigenvalue weighted by Gasteiger charge is -2.15. The SMILES string of the molecule is CC(C)(C)c1sc(-c2cccnc2)nc1Br. The fraction of sp³-hybridized carbons (Fsp3) is 0.333. The Hall–Kier alpha value is -0.740. The van der Waals surface area contributed by atoms with Crippen LogP contribution < -0.4 is 0 Å². The van der Waals surface area contributed by atoms with E-state index in [-0.39, 0.29) is 5.41 Å². The molecule has 0 N–H and O–H groups in total. The number of thiazole rings is 1. The summed E-state index contributed by atoms with van der Waals surface area (Å²) in [6, 6.07) is 3.96. The number of rotatable bonds is 1. The van der Waals surface area contributed by atoms with Crippen LogP contribution in [0.15, 0.2) is 29.1 Å². The summed E-state index contributed by atoms with van der Waals surface area (Å²) in [5.74, 6) is 0. The molecule has 0 saturated heterocycles. The Morgan fingerprint density at radius 1 is 1.31 bits per heavy atom. The molecule has 0 spiro atoms. The highest BCUT2D eigenvalue weighted by molar-refractivity contribution is 9.10.